The first kappa shape index (κ1) is 24.6. The van der Waals surface area contributed by atoms with E-state index in [4.69, 9.17) is 18.9 Å². The van der Waals surface area contributed by atoms with Gasteiger partial charge in [-0.15, -0.1) is 0 Å². The Labute approximate surface area is 195 Å². The summed E-state index contributed by atoms with van der Waals surface area (Å²) in [5.41, 5.74) is -0.901. The summed E-state index contributed by atoms with van der Waals surface area (Å²) in [4.78, 5) is 53.6. The van der Waals surface area contributed by atoms with Crippen LogP contribution in [0.3, 0.4) is 0 Å². The molecule has 2 saturated heterocycles. The van der Waals surface area contributed by atoms with Crippen LogP contribution < -0.4 is 0 Å². The van der Waals surface area contributed by atoms with Crippen LogP contribution in [0.1, 0.15) is 67.2 Å². The largest absolute Gasteiger partial charge is 0.350 e. The first-order valence-corrected chi connectivity index (χ1v) is 12.0. The van der Waals surface area contributed by atoms with Crippen LogP contribution in [0.4, 0.5) is 0 Å². The van der Waals surface area contributed by atoms with Crippen LogP contribution in [-0.4, -0.2) is 60.6 Å². The molecule has 4 aliphatic rings. The highest BCUT2D eigenvalue weighted by Gasteiger charge is 2.58. The highest BCUT2D eigenvalue weighted by Crippen LogP contribution is 2.47. The van der Waals surface area contributed by atoms with Crippen molar-refractivity contribution in [1.29, 1.82) is 0 Å². The maximum absolute atomic E-state index is 13.4. The molecule has 0 N–H and O–H groups in total. The van der Waals surface area contributed by atoms with Crippen LogP contribution in [0.2, 0.25) is 0 Å². The smallest absolute Gasteiger partial charge is 0.155 e. The molecule has 2 heterocycles. The molecule has 0 aromatic carbocycles. The Kier molecular flexibility index (Phi) is 6.44. The predicted molar refractivity (Wildman–Crippen MR) is 116 cm³/mol. The van der Waals surface area contributed by atoms with Crippen LogP contribution in [-0.2, 0) is 38.1 Å². The molecule has 184 valence electrons. The molecule has 0 bridgehead atoms. The third-order valence-electron chi connectivity index (χ3n) is 7.40. The predicted octanol–water partition coefficient (Wildman–Crippen LogP) is 2.64. The van der Waals surface area contributed by atoms with Crippen molar-refractivity contribution >= 4 is 23.1 Å². The molecule has 2 saturated carbocycles. The van der Waals surface area contributed by atoms with Gasteiger partial charge in [0.05, 0.1) is 24.5 Å². The zero-order valence-electron chi connectivity index (χ0n) is 20.4. The van der Waals surface area contributed by atoms with Crippen molar-refractivity contribution in [3.8, 4) is 0 Å². The highest BCUT2D eigenvalue weighted by atomic mass is 16.8. The summed E-state index contributed by atoms with van der Waals surface area (Å²) < 4.78 is 23.6. The van der Waals surface area contributed by atoms with Gasteiger partial charge in [-0.3, -0.25) is 19.2 Å². The minimum absolute atomic E-state index is 0.216. The molecule has 0 unspecified atom stereocenters. The van der Waals surface area contributed by atoms with Crippen molar-refractivity contribution in [1.82, 2.24) is 0 Å². The monoisotopic (exact) mass is 464 g/mol. The second kappa shape index (κ2) is 8.63. The molecule has 0 amide bonds. The van der Waals surface area contributed by atoms with Crippen LogP contribution in [0.15, 0.2) is 0 Å². The lowest BCUT2D eigenvalue weighted by Crippen LogP contribution is -2.63. The first-order chi connectivity index (χ1) is 15.3. The standard InChI is InChI=1S/C25H36O8/c1-12-30-11-18-22(32-12)23(33-13(2)31-18)21(19-14(26)7-24(3,4)8-15(19)27)20-16(28)9-25(5,6)10-17(20)29/h12-13,18-23H,7-11H2,1-6H3/t12-,13+,18-,22+,23-/m0/s1. The minimum Gasteiger partial charge on any atom is -0.350 e. The van der Waals surface area contributed by atoms with E-state index in [0.717, 1.165) is 0 Å². The summed E-state index contributed by atoms with van der Waals surface area (Å²) in [6.45, 7) is 11.3. The fraction of sp³-hybridized carbons (Fsp3) is 0.840. The van der Waals surface area contributed by atoms with E-state index in [9.17, 15) is 19.2 Å². The summed E-state index contributed by atoms with van der Waals surface area (Å²) in [7, 11) is 0. The summed E-state index contributed by atoms with van der Waals surface area (Å²) in [5, 5.41) is 0. The van der Waals surface area contributed by atoms with Crippen molar-refractivity contribution in [3.05, 3.63) is 0 Å². The maximum atomic E-state index is 13.4. The van der Waals surface area contributed by atoms with E-state index in [0.29, 0.717) is 0 Å². The lowest BCUT2D eigenvalue weighted by Gasteiger charge is -2.50. The third-order valence-corrected chi connectivity index (χ3v) is 7.40. The molecule has 8 heteroatoms. The number of carbonyl (C=O) groups excluding carboxylic acids is 4. The van der Waals surface area contributed by atoms with Gasteiger partial charge in [0.1, 0.15) is 35.3 Å². The molecular weight excluding hydrogens is 428 g/mol. The van der Waals surface area contributed by atoms with Gasteiger partial charge in [-0.05, 0) is 24.7 Å². The second-order valence-corrected chi connectivity index (χ2v) is 11.8. The van der Waals surface area contributed by atoms with Gasteiger partial charge in [0.15, 0.2) is 12.6 Å². The molecule has 0 radical (unpaired) electrons. The lowest BCUT2D eigenvalue weighted by molar-refractivity contribution is -0.359. The minimum atomic E-state index is -1.07. The quantitative estimate of drug-likeness (QED) is 0.587. The number of hydrogen-bond donors (Lipinski definition) is 0. The van der Waals surface area contributed by atoms with Gasteiger partial charge in [0, 0.05) is 31.6 Å². The van der Waals surface area contributed by atoms with E-state index in [1.807, 2.05) is 27.7 Å². The molecular formula is C25H36O8. The SMILES string of the molecule is C[C@@H]1O[C@H]2CO[C@H](C)O[C@H]2[C@H](C(C2C(=O)CC(C)(C)CC2=O)C2C(=O)CC(C)(C)CC2=O)O1. The summed E-state index contributed by atoms with van der Waals surface area (Å²) in [5.74, 6) is -3.99. The van der Waals surface area contributed by atoms with E-state index >= 15 is 0 Å². The Balaban J connectivity index is 1.77. The van der Waals surface area contributed by atoms with E-state index in [1.165, 1.54) is 0 Å². The van der Waals surface area contributed by atoms with E-state index in [2.05, 4.69) is 0 Å². The van der Waals surface area contributed by atoms with Crippen LogP contribution >= 0.6 is 0 Å². The van der Waals surface area contributed by atoms with Crippen molar-refractivity contribution in [3.63, 3.8) is 0 Å². The molecule has 4 rings (SSSR count). The fourth-order valence-corrected chi connectivity index (χ4v) is 6.21. The van der Waals surface area contributed by atoms with Crippen LogP contribution in [0.5, 0.6) is 0 Å². The summed E-state index contributed by atoms with van der Waals surface area (Å²) >= 11 is 0. The number of hydrogen-bond acceptors (Lipinski definition) is 8. The lowest BCUT2D eigenvalue weighted by atomic mass is 9.59. The molecule has 0 aromatic rings. The number of ketones is 4. The van der Waals surface area contributed by atoms with Gasteiger partial charge in [0.2, 0.25) is 0 Å². The van der Waals surface area contributed by atoms with Crippen LogP contribution in [0.25, 0.3) is 0 Å². The van der Waals surface area contributed by atoms with Crippen molar-refractivity contribution in [2.24, 2.45) is 28.6 Å². The number of carbonyl (C=O) groups is 4. The summed E-state index contributed by atoms with van der Waals surface area (Å²) in [6, 6.07) is 0. The fourth-order valence-electron chi connectivity index (χ4n) is 6.21. The van der Waals surface area contributed by atoms with E-state index in [-0.39, 0.29) is 55.4 Å². The topological polar surface area (TPSA) is 105 Å². The molecule has 0 spiro atoms. The normalized spacial score (nSPS) is 38.0. The Hall–Kier alpha value is -1.48. The van der Waals surface area contributed by atoms with Gasteiger partial charge in [-0.2, -0.15) is 0 Å². The van der Waals surface area contributed by atoms with Crippen molar-refractivity contribution < 1.29 is 38.1 Å². The summed E-state index contributed by atoms with van der Waals surface area (Å²) in [6.07, 6.45) is -2.28. The van der Waals surface area contributed by atoms with Gasteiger partial charge >= 0.3 is 0 Å². The zero-order valence-corrected chi connectivity index (χ0v) is 20.4. The van der Waals surface area contributed by atoms with Gasteiger partial charge < -0.3 is 18.9 Å². The number of fused-ring (bicyclic) bond motifs is 1. The third kappa shape index (κ3) is 4.85. The second-order valence-electron chi connectivity index (χ2n) is 11.8. The first-order valence-electron chi connectivity index (χ1n) is 12.0. The maximum Gasteiger partial charge on any atom is 0.155 e. The van der Waals surface area contributed by atoms with Gasteiger partial charge in [-0.25, -0.2) is 0 Å². The van der Waals surface area contributed by atoms with E-state index < -0.39 is 59.5 Å². The molecule has 5 atom stereocenters. The average Bonchev–Trinajstić information content (AvgIpc) is 2.63. The Morgan fingerprint density at radius 2 is 1.15 bits per heavy atom. The van der Waals surface area contributed by atoms with Crippen molar-refractivity contribution in [2.45, 2.75) is 98.1 Å². The number of ether oxygens (including phenoxy) is 4. The van der Waals surface area contributed by atoms with Gasteiger partial charge in [-0.1, -0.05) is 27.7 Å². The zero-order chi connectivity index (χ0) is 24.3. The van der Waals surface area contributed by atoms with Crippen LogP contribution in [0, 0.1) is 28.6 Å². The number of Topliss-reactive ketones (excluding diaryl/α,β-unsaturated/α-hetero) is 4. The molecule has 2 aliphatic heterocycles. The Bertz CT molecular complexity index is 757. The van der Waals surface area contributed by atoms with Crippen molar-refractivity contribution in [2.75, 3.05) is 6.61 Å². The Morgan fingerprint density at radius 3 is 1.61 bits per heavy atom. The molecule has 8 nitrogen and oxygen atoms in total. The molecule has 0 aromatic heterocycles. The Morgan fingerprint density at radius 1 is 0.697 bits per heavy atom. The van der Waals surface area contributed by atoms with E-state index in [1.54, 1.807) is 13.8 Å². The van der Waals surface area contributed by atoms with Gasteiger partial charge in [0.25, 0.3) is 0 Å². The number of rotatable bonds is 3. The highest BCUT2D eigenvalue weighted by molar-refractivity contribution is 6.10. The molecule has 4 fully saturated rings. The average molecular weight is 465 g/mol. The molecule has 33 heavy (non-hydrogen) atoms. The molecule has 2 aliphatic carbocycles.